The molecule has 1 aromatic heterocycles. The molecule has 0 N–H and O–H groups in total. The summed E-state index contributed by atoms with van der Waals surface area (Å²) in [4.78, 5) is 30.6. The van der Waals surface area contributed by atoms with E-state index >= 15 is 0 Å². The van der Waals surface area contributed by atoms with Crippen molar-refractivity contribution in [1.29, 1.82) is 0 Å². The van der Waals surface area contributed by atoms with Gasteiger partial charge in [0.2, 0.25) is 21.8 Å². The van der Waals surface area contributed by atoms with Crippen LogP contribution in [0.4, 0.5) is 0 Å². The van der Waals surface area contributed by atoms with Gasteiger partial charge in [-0.25, -0.2) is 8.42 Å². The van der Waals surface area contributed by atoms with Gasteiger partial charge in [0, 0.05) is 37.6 Å². The van der Waals surface area contributed by atoms with Gasteiger partial charge in [0.05, 0.1) is 11.3 Å². The molecule has 9 heteroatoms. The van der Waals surface area contributed by atoms with Crippen LogP contribution in [0.25, 0.3) is 0 Å². The lowest BCUT2D eigenvalue weighted by molar-refractivity contribution is -0.144. The van der Waals surface area contributed by atoms with E-state index in [1.165, 1.54) is 4.31 Å². The minimum absolute atomic E-state index is 0.0149. The van der Waals surface area contributed by atoms with Gasteiger partial charge < -0.3 is 9.80 Å². The van der Waals surface area contributed by atoms with E-state index in [9.17, 15) is 18.0 Å². The zero-order valence-corrected chi connectivity index (χ0v) is 19.2. The molecule has 0 bridgehead atoms. The van der Waals surface area contributed by atoms with Crippen LogP contribution in [-0.4, -0.2) is 73.1 Å². The van der Waals surface area contributed by atoms with Gasteiger partial charge in [-0.05, 0) is 43.3 Å². The number of benzene rings is 1. The van der Waals surface area contributed by atoms with Crippen molar-refractivity contribution >= 4 is 33.2 Å². The Morgan fingerprint density at radius 1 is 1.03 bits per heavy atom. The number of rotatable bonds is 5. The van der Waals surface area contributed by atoms with Crippen LogP contribution in [0.1, 0.15) is 23.3 Å². The van der Waals surface area contributed by atoms with E-state index in [4.69, 9.17) is 0 Å². The summed E-state index contributed by atoms with van der Waals surface area (Å²) in [7, 11) is -3.57. The lowest BCUT2D eigenvalue weighted by Gasteiger charge is -2.36. The summed E-state index contributed by atoms with van der Waals surface area (Å²) >= 11 is 1.54. The molecule has 2 aromatic rings. The number of piperazine rings is 1. The number of sulfonamides is 1. The van der Waals surface area contributed by atoms with Gasteiger partial charge in [-0.15, -0.1) is 11.3 Å². The molecular formula is C22H27N3O4S2. The van der Waals surface area contributed by atoms with Crippen LogP contribution < -0.4 is 0 Å². The van der Waals surface area contributed by atoms with Gasteiger partial charge in [0.25, 0.3) is 0 Å². The lowest BCUT2D eigenvalue weighted by Crippen LogP contribution is -2.55. The molecule has 31 heavy (non-hydrogen) atoms. The average Bonchev–Trinajstić information content (AvgIpc) is 3.46. The molecule has 2 fully saturated rings. The number of hydrogen-bond donors (Lipinski definition) is 0. The largest absolute Gasteiger partial charge is 0.338 e. The molecule has 1 unspecified atom stereocenters. The van der Waals surface area contributed by atoms with Gasteiger partial charge in [0.15, 0.2) is 0 Å². The third kappa shape index (κ3) is 4.68. The van der Waals surface area contributed by atoms with E-state index in [1.807, 2.05) is 24.4 Å². The first-order valence-corrected chi connectivity index (χ1v) is 12.9. The summed E-state index contributed by atoms with van der Waals surface area (Å²) in [5.74, 6) is -0.0803. The van der Waals surface area contributed by atoms with Gasteiger partial charge >= 0.3 is 0 Å². The van der Waals surface area contributed by atoms with Crippen LogP contribution in [0.3, 0.4) is 0 Å². The lowest BCUT2D eigenvalue weighted by atomic mass is 10.1. The topological polar surface area (TPSA) is 78.0 Å². The first-order chi connectivity index (χ1) is 14.9. The predicted molar refractivity (Wildman–Crippen MR) is 119 cm³/mol. The second-order valence-electron chi connectivity index (χ2n) is 8.04. The number of aryl methyl sites for hydroxylation is 1. The quantitative estimate of drug-likeness (QED) is 0.683. The Morgan fingerprint density at radius 2 is 1.74 bits per heavy atom. The van der Waals surface area contributed by atoms with Crippen molar-refractivity contribution < 1.29 is 18.0 Å². The highest BCUT2D eigenvalue weighted by atomic mass is 32.2. The number of amides is 2. The molecule has 0 aliphatic carbocycles. The SMILES string of the molecule is Cc1ccc(S(=O)(=O)N2CCN(C(=O)C3CCCN3C(=O)Cc3cccs3)CC2)cc1. The minimum atomic E-state index is -3.57. The number of likely N-dealkylation sites (tertiary alicyclic amines) is 1. The zero-order valence-electron chi connectivity index (χ0n) is 17.6. The average molecular weight is 462 g/mol. The van der Waals surface area contributed by atoms with Crippen LogP contribution >= 0.6 is 11.3 Å². The summed E-state index contributed by atoms with van der Waals surface area (Å²) in [5.41, 5.74) is 1.00. The van der Waals surface area contributed by atoms with Crippen LogP contribution in [0.2, 0.25) is 0 Å². The Balaban J connectivity index is 1.37. The van der Waals surface area contributed by atoms with Gasteiger partial charge in [-0.3, -0.25) is 9.59 Å². The fraction of sp³-hybridized carbons (Fsp3) is 0.455. The zero-order chi connectivity index (χ0) is 22.0. The van der Waals surface area contributed by atoms with Crippen molar-refractivity contribution in [3.05, 3.63) is 52.2 Å². The number of carbonyl (C=O) groups excluding carboxylic acids is 2. The molecule has 0 spiro atoms. The third-order valence-electron chi connectivity index (χ3n) is 5.97. The maximum Gasteiger partial charge on any atom is 0.245 e. The standard InChI is InChI=1S/C22H27N3O4S2/c1-17-6-8-19(9-7-17)31(28,29)24-13-11-23(12-14-24)22(27)20-5-2-10-25(20)21(26)16-18-4-3-15-30-18/h3-4,6-9,15,20H,2,5,10-14,16H2,1H3. The fourth-order valence-electron chi connectivity index (χ4n) is 4.20. The Labute approximate surface area is 187 Å². The number of nitrogens with zero attached hydrogens (tertiary/aromatic N) is 3. The second kappa shape index (κ2) is 9.10. The Kier molecular flexibility index (Phi) is 6.45. The van der Waals surface area contributed by atoms with Crippen LogP contribution in [-0.2, 0) is 26.0 Å². The maximum absolute atomic E-state index is 13.1. The Morgan fingerprint density at radius 3 is 2.39 bits per heavy atom. The second-order valence-corrected chi connectivity index (χ2v) is 11.0. The van der Waals surface area contributed by atoms with E-state index < -0.39 is 16.1 Å². The minimum Gasteiger partial charge on any atom is -0.338 e. The van der Waals surface area contributed by atoms with E-state index in [2.05, 4.69) is 0 Å². The number of carbonyl (C=O) groups is 2. The molecule has 2 aliphatic heterocycles. The van der Waals surface area contributed by atoms with Crippen molar-refractivity contribution in [3.63, 3.8) is 0 Å². The summed E-state index contributed by atoms with van der Waals surface area (Å²) in [6, 6.07) is 10.2. The molecule has 3 heterocycles. The third-order valence-corrected chi connectivity index (χ3v) is 8.76. The summed E-state index contributed by atoms with van der Waals surface area (Å²) < 4.78 is 27.2. The molecule has 2 aliphatic rings. The summed E-state index contributed by atoms with van der Waals surface area (Å²) in [5, 5.41) is 1.94. The van der Waals surface area contributed by atoms with E-state index in [1.54, 1.807) is 45.4 Å². The van der Waals surface area contributed by atoms with Gasteiger partial charge in [-0.1, -0.05) is 23.8 Å². The van der Waals surface area contributed by atoms with Gasteiger partial charge in [-0.2, -0.15) is 4.31 Å². The first-order valence-electron chi connectivity index (χ1n) is 10.5. The smallest absolute Gasteiger partial charge is 0.245 e. The molecule has 2 amide bonds. The van der Waals surface area contributed by atoms with Crippen LogP contribution in [0, 0.1) is 6.92 Å². The number of thiophene rings is 1. The molecule has 1 aromatic carbocycles. The molecule has 2 saturated heterocycles. The van der Waals surface area contributed by atoms with Crippen LogP contribution in [0.15, 0.2) is 46.7 Å². The Hall–Kier alpha value is -2.23. The van der Waals surface area contributed by atoms with Gasteiger partial charge in [0.1, 0.15) is 6.04 Å². The van der Waals surface area contributed by atoms with E-state index in [0.717, 1.165) is 16.9 Å². The van der Waals surface area contributed by atoms with Crippen molar-refractivity contribution in [1.82, 2.24) is 14.1 Å². The van der Waals surface area contributed by atoms with Crippen molar-refractivity contribution in [3.8, 4) is 0 Å². The first kappa shape index (κ1) is 22.0. The van der Waals surface area contributed by atoms with Crippen molar-refractivity contribution in [2.24, 2.45) is 0 Å². The maximum atomic E-state index is 13.1. The van der Waals surface area contributed by atoms with Crippen molar-refractivity contribution in [2.45, 2.75) is 37.1 Å². The summed E-state index contributed by atoms with van der Waals surface area (Å²) in [6.45, 7) is 3.72. The van der Waals surface area contributed by atoms with Crippen molar-refractivity contribution in [2.75, 3.05) is 32.7 Å². The Bertz CT molecular complexity index is 1030. The highest BCUT2D eigenvalue weighted by Gasteiger charge is 2.38. The molecule has 1 atom stereocenters. The molecule has 7 nitrogen and oxygen atoms in total. The van der Waals surface area contributed by atoms with E-state index in [-0.39, 0.29) is 29.8 Å². The van der Waals surface area contributed by atoms with E-state index in [0.29, 0.717) is 32.5 Å². The van der Waals surface area contributed by atoms with Crippen LogP contribution in [0.5, 0.6) is 0 Å². The fourth-order valence-corrected chi connectivity index (χ4v) is 6.32. The predicted octanol–water partition coefficient (Wildman–Crippen LogP) is 2.12. The monoisotopic (exact) mass is 461 g/mol. The molecule has 4 rings (SSSR count). The normalized spacial score (nSPS) is 20.2. The molecular weight excluding hydrogens is 434 g/mol. The highest BCUT2D eigenvalue weighted by molar-refractivity contribution is 7.89. The molecule has 0 radical (unpaired) electrons. The summed E-state index contributed by atoms with van der Waals surface area (Å²) in [6.07, 6.45) is 1.80. The number of hydrogen-bond acceptors (Lipinski definition) is 5. The molecule has 0 saturated carbocycles. The molecule has 166 valence electrons. The highest BCUT2D eigenvalue weighted by Crippen LogP contribution is 2.24.